The molecule has 7 rings (SSSR count). The number of hydrogen-bond donors (Lipinski definition) is 0. The minimum atomic E-state index is -0.311. The smallest absolute Gasteiger partial charge is 0.359 e. The van der Waals surface area contributed by atoms with Crippen LogP contribution in [0.25, 0.3) is 11.4 Å². The number of carbonyl (C=O) groups excluding carboxylic acids is 1. The van der Waals surface area contributed by atoms with E-state index in [0.717, 1.165) is 53.2 Å². The van der Waals surface area contributed by atoms with Crippen molar-refractivity contribution in [2.45, 2.75) is 78.7 Å². The zero-order valence-corrected chi connectivity index (χ0v) is 22.8. The van der Waals surface area contributed by atoms with Gasteiger partial charge in [0.05, 0.1) is 5.69 Å². The summed E-state index contributed by atoms with van der Waals surface area (Å²) in [5.41, 5.74) is 7.75. The van der Waals surface area contributed by atoms with Gasteiger partial charge in [0.1, 0.15) is 12.4 Å². The molecule has 4 saturated carbocycles. The fraction of sp³-hybridized carbons (Fsp3) is 0.515. The molecule has 0 aliphatic heterocycles. The maximum atomic E-state index is 13.5. The first-order valence-corrected chi connectivity index (χ1v) is 14.1. The van der Waals surface area contributed by atoms with E-state index in [9.17, 15) is 4.79 Å². The Kier molecular flexibility index (Phi) is 6.25. The van der Waals surface area contributed by atoms with Gasteiger partial charge in [-0.1, -0.05) is 48.0 Å². The molecule has 4 aliphatic rings. The normalized spacial score (nSPS) is 26.0. The van der Waals surface area contributed by atoms with Gasteiger partial charge < -0.3 is 9.30 Å². The van der Waals surface area contributed by atoms with E-state index in [1.807, 2.05) is 30.3 Å². The summed E-state index contributed by atoms with van der Waals surface area (Å²) in [6.45, 7) is 6.69. The minimum absolute atomic E-state index is 0.266. The van der Waals surface area contributed by atoms with Crippen LogP contribution in [-0.4, -0.2) is 15.5 Å². The predicted molar refractivity (Wildman–Crippen MR) is 147 cm³/mol. The van der Waals surface area contributed by atoms with Crippen molar-refractivity contribution in [2.75, 3.05) is 0 Å². The van der Waals surface area contributed by atoms with Gasteiger partial charge in [0, 0.05) is 12.6 Å². The molecule has 2 aromatic carbocycles. The number of benzene rings is 2. The topological polar surface area (TPSA) is 44.1 Å². The highest BCUT2D eigenvalue weighted by molar-refractivity contribution is 5.90. The van der Waals surface area contributed by atoms with Crippen LogP contribution in [0.3, 0.4) is 0 Å². The third kappa shape index (κ3) is 4.64. The quantitative estimate of drug-likeness (QED) is 0.318. The van der Waals surface area contributed by atoms with E-state index in [1.54, 1.807) is 0 Å². The van der Waals surface area contributed by atoms with Crippen molar-refractivity contribution in [3.05, 3.63) is 76.1 Å². The molecule has 1 heterocycles. The summed E-state index contributed by atoms with van der Waals surface area (Å²) in [6.07, 6.45) is 10.6. The SMILES string of the molecule is Cc1cc(C)c(-c2nc(C(=O)OCc3ccccc3)c(CCC34CC5CC(CC(C5)C3)C4)n2C)c(C)c1. The summed E-state index contributed by atoms with van der Waals surface area (Å²) in [5, 5.41) is 0. The average molecular weight is 497 g/mol. The molecule has 1 aromatic heterocycles. The Balaban J connectivity index is 1.32. The van der Waals surface area contributed by atoms with E-state index < -0.39 is 0 Å². The Labute approximate surface area is 221 Å². The van der Waals surface area contributed by atoms with Gasteiger partial charge in [0.2, 0.25) is 0 Å². The van der Waals surface area contributed by atoms with Crippen LogP contribution in [0.1, 0.15) is 83.4 Å². The lowest BCUT2D eigenvalue weighted by Crippen LogP contribution is -2.46. The Morgan fingerprint density at radius 3 is 2.16 bits per heavy atom. The molecule has 0 unspecified atom stereocenters. The van der Waals surface area contributed by atoms with Crippen molar-refractivity contribution in [1.82, 2.24) is 9.55 Å². The number of esters is 1. The van der Waals surface area contributed by atoms with Crippen molar-refractivity contribution < 1.29 is 9.53 Å². The second-order valence-electron chi connectivity index (χ2n) is 12.5. The van der Waals surface area contributed by atoms with E-state index in [4.69, 9.17) is 9.72 Å². The molecular formula is C33H40N2O2. The van der Waals surface area contributed by atoms with Gasteiger partial charge in [-0.15, -0.1) is 0 Å². The third-order valence-electron chi connectivity index (χ3n) is 9.58. The second kappa shape index (κ2) is 9.45. The highest BCUT2D eigenvalue weighted by Gasteiger charge is 2.50. The summed E-state index contributed by atoms with van der Waals surface area (Å²) >= 11 is 0. The van der Waals surface area contributed by atoms with Crippen LogP contribution < -0.4 is 0 Å². The molecule has 3 aromatic rings. The number of imidazole rings is 1. The fourth-order valence-corrected chi connectivity index (χ4v) is 8.51. The predicted octanol–water partition coefficient (Wildman–Crippen LogP) is 7.52. The molecule has 0 radical (unpaired) electrons. The number of aryl methyl sites for hydroxylation is 3. The van der Waals surface area contributed by atoms with Crippen molar-refractivity contribution in [1.29, 1.82) is 0 Å². The van der Waals surface area contributed by atoms with Crippen LogP contribution in [0.15, 0.2) is 42.5 Å². The molecule has 37 heavy (non-hydrogen) atoms. The first-order valence-electron chi connectivity index (χ1n) is 14.1. The first-order chi connectivity index (χ1) is 17.8. The Morgan fingerprint density at radius 2 is 1.57 bits per heavy atom. The van der Waals surface area contributed by atoms with Crippen molar-refractivity contribution in [2.24, 2.45) is 30.2 Å². The summed E-state index contributed by atoms with van der Waals surface area (Å²) in [7, 11) is 2.09. The summed E-state index contributed by atoms with van der Waals surface area (Å²) < 4.78 is 8.00. The van der Waals surface area contributed by atoms with Gasteiger partial charge in [0.15, 0.2) is 5.69 Å². The van der Waals surface area contributed by atoms with Crippen LogP contribution in [0.4, 0.5) is 0 Å². The molecule has 0 atom stereocenters. The van der Waals surface area contributed by atoms with Gasteiger partial charge >= 0.3 is 5.97 Å². The lowest BCUT2D eigenvalue weighted by Gasteiger charge is -2.57. The lowest BCUT2D eigenvalue weighted by molar-refractivity contribution is -0.0571. The Morgan fingerprint density at radius 1 is 0.973 bits per heavy atom. The molecule has 0 N–H and O–H groups in total. The highest BCUT2D eigenvalue weighted by atomic mass is 16.5. The van der Waals surface area contributed by atoms with Crippen LogP contribution in [0.2, 0.25) is 0 Å². The van der Waals surface area contributed by atoms with Crippen LogP contribution in [0.5, 0.6) is 0 Å². The van der Waals surface area contributed by atoms with Crippen molar-refractivity contribution in [3.8, 4) is 11.4 Å². The van der Waals surface area contributed by atoms with Crippen LogP contribution in [-0.2, 0) is 24.8 Å². The maximum Gasteiger partial charge on any atom is 0.359 e. The molecule has 0 spiro atoms. The largest absolute Gasteiger partial charge is 0.456 e. The third-order valence-corrected chi connectivity index (χ3v) is 9.58. The van der Waals surface area contributed by atoms with Gasteiger partial charge in [0.25, 0.3) is 0 Å². The summed E-state index contributed by atoms with van der Waals surface area (Å²) in [5.74, 6) is 3.36. The monoisotopic (exact) mass is 496 g/mol. The molecular weight excluding hydrogens is 456 g/mol. The number of rotatable bonds is 7. The standard InChI is InChI=1S/C33H40N2O2/c1-21-12-22(2)29(23(3)13-21)31-34-30(32(36)37-20-24-8-6-5-7-9-24)28(35(31)4)10-11-33-17-25-14-26(18-33)16-27(15-25)19-33/h5-9,12-13,25-27H,10-11,14-20H2,1-4H3. The second-order valence-corrected chi connectivity index (χ2v) is 12.5. The van der Waals surface area contributed by atoms with Gasteiger partial charge in [-0.2, -0.15) is 0 Å². The van der Waals surface area contributed by atoms with Gasteiger partial charge in [-0.3, -0.25) is 0 Å². The number of hydrogen-bond acceptors (Lipinski definition) is 3. The summed E-state index contributed by atoms with van der Waals surface area (Å²) in [4.78, 5) is 18.5. The Hall–Kier alpha value is -2.88. The number of nitrogens with zero attached hydrogens (tertiary/aromatic N) is 2. The zero-order chi connectivity index (χ0) is 25.7. The first kappa shape index (κ1) is 24.5. The minimum Gasteiger partial charge on any atom is -0.456 e. The van der Waals surface area contributed by atoms with Crippen LogP contribution >= 0.6 is 0 Å². The molecule has 4 heteroatoms. The summed E-state index contributed by atoms with van der Waals surface area (Å²) in [6, 6.07) is 14.3. The number of ether oxygens (including phenoxy) is 1. The number of aromatic nitrogens is 2. The van der Waals surface area contributed by atoms with Gasteiger partial charge in [-0.05, 0) is 112 Å². The molecule has 0 saturated heterocycles. The molecule has 4 bridgehead atoms. The lowest BCUT2D eigenvalue weighted by atomic mass is 9.48. The Bertz CT molecular complexity index is 1260. The van der Waals surface area contributed by atoms with Crippen LogP contribution in [0, 0.1) is 43.9 Å². The molecule has 4 nitrogen and oxygen atoms in total. The average Bonchev–Trinajstić information content (AvgIpc) is 3.16. The van der Waals surface area contributed by atoms with Gasteiger partial charge in [-0.25, -0.2) is 9.78 Å². The molecule has 194 valence electrons. The number of carbonyl (C=O) groups is 1. The molecule has 0 amide bonds. The molecule has 4 aliphatic carbocycles. The van der Waals surface area contributed by atoms with E-state index >= 15 is 0 Å². The molecule has 4 fully saturated rings. The van der Waals surface area contributed by atoms with E-state index in [-0.39, 0.29) is 12.6 Å². The van der Waals surface area contributed by atoms with Crippen molar-refractivity contribution in [3.63, 3.8) is 0 Å². The van der Waals surface area contributed by atoms with E-state index in [0.29, 0.717) is 11.1 Å². The fourth-order valence-electron chi connectivity index (χ4n) is 8.51. The van der Waals surface area contributed by atoms with E-state index in [1.165, 1.54) is 55.2 Å². The van der Waals surface area contributed by atoms with Crippen molar-refractivity contribution >= 4 is 5.97 Å². The highest BCUT2D eigenvalue weighted by Crippen LogP contribution is 2.61. The zero-order valence-electron chi connectivity index (χ0n) is 22.8. The van der Waals surface area contributed by atoms with E-state index in [2.05, 4.69) is 44.5 Å². The maximum absolute atomic E-state index is 13.5.